The molecule has 0 bridgehead atoms. The fourth-order valence-corrected chi connectivity index (χ4v) is 3.46. The van der Waals surface area contributed by atoms with Gasteiger partial charge in [0, 0.05) is 13.5 Å². The molecule has 0 unspecified atom stereocenters. The van der Waals surface area contributed by atoms with Crippen LogP contribution in [0.4, 0.5) is 5.00 Å². The minimum absolute atomic E-state index is 0.0291. The number of carbonyl (C=O) groups excluding carboxylic acids is 2. The number of benzene rings is 1. The number of para-hydroxylation sites is 1. The lowest BCUT2D eigenvalue weighted by Crippen LogP contribution is -2.30. The monoisotopic (exact) mass is 410 g/mol. The molecule has 1 aromatic carbocycles. The second kappa shape index (κ2) is 8.67. The van der Waals surface area contributed by atoms with Crippen LogP contribution in [-0.2, 0) is 27.8 Å². The van der Waals surface area contributed by atoms with Crippen molar-refractivity contribution < 1.29 is 14.3 Å². The molecule has 0 saturated heterocycles. The Morgan fingerprint density at radius 1 is 1.34 bits per heavy atom. The van der Waals surface area contributed by atoms with Crippen molar-refractivity contribution in [1.82, 2.24) is 9.55 Å². The van der Waals surface area contributed by atoms with Crippen LogP contribution in [0.3, 0.4) is 0 Å². The molecule has 1 N–H and O–H groups in total. The van der Waals surface area contributed by atoms with Crippen LogP contribution in [0.5, 0.6) is 0 Å². The molecule has 0 saturated carbocycles. The third kappa shape index (κ3) is 4.50. The maximum atomic E-state index is 12.4. The van der Waals surface area contributed by atoms with Crippen LogP contribution in [0.1, 0.15) is 24.7 Å². The molecule has 2 aromatic heterocycles. The van der Waals surface area contributed by atoms with Crippen molar-refractivity contribution in [2.24, 2.45) is 7.05 Å². The van der Waals surface area contributed by atoms with Crippen LogP contribution in [0.2, 0.25) is 0 Å². The largest absolute Gasteiger partial charge is 0.453 e. The number of nitrogens with one attached hydrogen (secondary N) is 1. The number of nitriles is 1. The van der Waals surface area contributed by atoms with Gasteiger partial charge in [-0.15, -0.1) is 11.3 Å². The number of aromatic nitrogens is 2. The second-order valence-corrected chi connectivity index (χ2v) is 7.22. The SMILES string of the molecule is C[C@H](OC(=O)CCc1nc2ccccc2c(=O)n1C)C(=O)Nc1sccc1C#N. The third-order valence-electron chi connectivity index (χ3n) is 4.33. The number of amides is 1. The van der Waals surface area contributed by atoms with E-state index in [1.807, 2.05) is 6.07 Å². The average Bonchev–Trinajstić information content (AvgIpc) is 3.16. The number of aryl methyl sites for hydroxylation is 1. The number of hydrogen-bond donors (Lipinski definition) is 1. The predicted molar refractivity (Wildman–Crippen MR) is 109 cm³/mol. The first-order chi connectivity index (χ1) is 13.9. The van der Waals surface area contributed by atoms with Gasteiger partial charge in [0.25, 0.3) is 11.5 Å². The highest BCUT2D eigenvalue weighted by Gasteiger charge is 2.20. The van der Waals surface area contributed by atoms with Gasteiger partial charge in [0.05, 0.1) is 22.9 Å². The van der Waals surface area contributed by atoms with Crippen LogP contribution in [0.15, 0.2) is 40.5 Å². The Hall–Kier alpha value is -3.51. The van der Waals surface area contributed by atoms with E-state index in [0.717, 1.165) is 0 Å². The van der Waals surface area contributed by atoms with Gasteiger partial charge in [-0.05, 0) is 30.5 Å². The Labute approximate surface area is 170 Å². The lowest BCUT2D eigenvalue weighted by molar-refractivity contribution is -0.153. The molecule has 148 valence electrons. The van der Waals surface area contributed by atoms with E-state index < -0.39 is 18.0 Å². The smallest absolute Gasteiger partial charge is 0.307 e. The van der Waals surface area contributed by atoms with Crippen LogP contribution in [-0.4, -0.2) is 27.5 Å². The molecule has 1 amide bonds. The topological polar surface area (TPSA) is 114 Å². The highest BCUT2D eigenvalue weighted by atomic mass is 32.1. The van der Waals surface area contributed by atoms with E-state index >= 15 is 0 Å². The Balaban J connectivity index is 1.60. The number of thiophene rings is 1. The standard InChI is InChI=1S/C20H18N4O4S/c1-12(18(26)23-19-13(11-21)9-10-29-19)28-17(25)8-7-16-22-15-6-4-3-5-14(15)20(27)24(16)2/h3-6,9-10,12H,7-8H2,1-2H3,(H,23,26)/t12-/m0/s1. The summed E-state index contributed by atoms with van der Waals surface area (Å²) in [6.07, 6.45) is -0.851. The van der Waals surface area contributed by atoms with Crippen molar-refractivity contribution in [2.45, 2.75) is 25.9 Å². The summed E-state index contributed by atoms with van der Waals surface area (Å²) < 4.78 is 6.58. The average molecular weight is 410 g/mol. The fraction of sp³-hybridized carbons (Fsp3) is 0.250. The molecular weight excluding hydrogens is 392 g/mol. The normalized spacial score (nSPS) is 11.6. The van der Waals surface area contributed by atoms with Gasteiger partial charge in [-0.25, -0.2) is 4.98 Å². The molecule has 9 heteroatoms. The Morgan fingerprint density at radius 2 is 2.10 bits per heavy atom. The van der Waals surface area contributed by atoms with Crippen molar-refractivity contribution in [3.8, 4) is 6.07 Å². The Kier molecular flexibility index (Phi) is 6.04. The molecule has 0 radical (unpaired) electrons. The van der Waals surface area contributed by atoms with E-state index in [2.05, 4.69) is 10.3 Å². The first-order valence-electron chi connectivity index (χ1n) is 8.83. The van der Waals surface area contributed by atoms with Crippen LogP contribution in [0, 0.1) is 11.3 Å². The molecule has 0 aliphatic carbocycles. The third-order valence-corrected chi connectivity index (χ3v) is 5.16. The number of esters is 1. The molecule has 3 rings (SSSR count). The maximum Gasteiger partial charge on any atom is 0.307 e. The van der Waals surface area contributed by atoms with Crippen molar-refractivity contribution in [1.29, 1.82) is 5.26 Å². The number of carbonyl (C=O) groups is 2. The summed E-state index contributed by atoms with van der Waals surface area (Å²) in [5.41, 5.74) is 0.733. The van der Waals surface area contributed by atoms with E-state index in [1.165, 1.54) is 22.8 Å². The number of ether oxygens (including phenoxy) is 1. The number of hydrogen-bond acceptors (Lipinski definition) is 7. The van der Waals surface area contributed by atoms with E-state index in [1.54, 1.807) is 42.8 Å². The number of nitrogens with zero attached hydrogens (tertiary/aromatic N) is 3. The summed E-state index contributed by atoms with van der Waals surface area (Å²) >= 11 is 1.21. The summed E-state index contributed by atoms with van der Waals surface area (Å²) in [4.78, 5) is 41.2. The summed E-state index contributed by atoms with van der Waals surface area (Å²) in [6, 6.07) is 10.6. The fourth-order valence-electron chi connectivity index (χ4n) is 2.72. The molecule has 0 aliphatic rings. The molecule has 8 nitrogen and oxygen atoms in total. The number of anilines is 1. The summed E-state index contributed by atoms with van der Waals surface area (Å²) in [6.45, 7) is 1.46. The van der Waals surface area contributed by atoms with Crippen LogP contribution < -0.4 is 10.9 Å². The Bertz CT molecular complexity index is 1180. The van der Waals surface area contributed by atoms with Gasteiger partial charge in [-0.2, -0.15) is 5.26 Å². The molecule has 29 heavy (non-hydrogen) atoms. The predicted octanol–water partition coefficient (Wildman–Crippen LogP) is 2.37. The number of fused-ring (bicyclic) bond motifs is 1. The van der Waals surface area contributed by atoms with Crippen LogP contribution in [0.25, 0.3) is 10.9 Å². The van der Waals surface area contributed by atoms with Gasteiger partial charge in [-0.3, -0.25) is 19.0 Å². The quantitative estimate of drug-likeness (QED) is 0.624. The summed E-state index contributed by atoms with van der Waals surface area (Å²) in [5.74, 6) is -0.643. The van der Waals surface area contributed by atoms with E-state index in [0.29, 0.717) is 27.3 Å². The lowest BCUT2D eigenvalue weighted by Gasteiger charge is -2.13. The molecule has 0 fully saturated rings. The van der Waals surface area contributed by atoms with Gasteiger partial charge in [-0.1, -0.05) is 12.1 Å². The lowest BCUT2D eigenvalue weighted by atomic mass is 10.2. The van der Waals surface area contributed by atoms with Gasteiger partial charge in [0.1, 0.15) is 16.9 Å². The summed E-state index contributed by atoms with van der Waals surface area (Å²) in [7, 11) is 1.60. The van der Waals surface area contributed by atoms with Crippen molar-refractivity contribution in [3.63, 3.8) is 0 Å². The molecular formula is C20H18N4O4S. The van der Waals surface area contributed by atoms with E-state index in [-0.39, 0.29) is 18.4 Å². The zero-order chi connectivity index (χ0) is 21.0. The highest BCUT2D eigenvalue weighted by Crippen LogP contribution is 2.22. The highest BCUT2D eigenvalue weighted by molar-refractivity contribution is 7.14. The first kappa shape index (κ1) is 20.2. The minimum Gasteiger partial charge on any atom is -0.453 e. The maximum absolute atomic E-state index is 12.4. The van der Waals surface area contributed by atoms with Crippen molar-refractivity contribution >= 4 is 39.1 Å². The van der Waals surface area contributed by atoms with E-state index in [9.17, 15) is 14.4 Å². The summed E-state index contributed by atoms with van der Waals surface area (Å²) in [5, 5.41) is 14.2. The van der Waals surface area contributed by atoms with E-state index in [4.69, 9.17) is 10.00 Å². The zero-order valence-electron chi connectivity index (χ0n) is 15.8. The van der Waals surface area contributed by atoms with Gasteiger partial charge >= 0.3 is 5.97 Å². The molecule has 0 spiro atoms. The second-order valence-electron chi connectivity index (χ2n) is 6.31. The molecule has 0 aliphatic heterocycles. The van der Waals surface area contributed by atoms with Gasteiger partial charge in [0.2, 0.25) is 0 Å². The first-order valence-corrected chi connectivity index (χ1v) is 9.71. The van der Waals surface area contributed by atoms with Crippen molar-refractivity contribution in [2.75, 3.05) is 5.32 Å². The van der Waals surface area contributed by atoms with Gasteiger partial charge in [0.15, 0.2) is 6.10 Å². The zero-order valence-corrected chi connectivity index (χ0v) is 16.7. The molecule has 1 atom stereocenters. The van der Waals surface area contributed by atoms with Gasteiger partial charge < -0.3 is 10.1 Å². The van der Waals surface area contributed by atoms with Crippen molar-refractivity contribution in [3.05, 3.63) is 57.5 Å². The number of rotatable bonds is 6. The molecule has 2 heterocycles. The Morgan fingerprint density at radius 3 is 2.86 bits per heavy atom. The van der Waals surface area contributed by atoms with Crippen LogP contribution >= 0.6 is 11.3 Å². The minimum atomic E-state index is -1.02. The molecule has 3 aromatic rings.